The van der Waals surface area contributed by atoms with Crippen molar-refractivity contribution < 1.29 is 28.5 Å². The fourth-order valence-corrected chi connectivity index (χ4v) is 3.71. The number of fused-ring (bicyclic) bond motifs is 1. The van der Waals surface area contributed by atoms with Crippen LogP contribution in [0.5, 0.6) is 23.0 Å². The summed E-state index contributed by atoms with van der Waals surface area (Å²) in [5.41, 5.74) is 3.01. The molecule has 0 saturated carbocycles. The summed E-state index contributed by atoms with van der Waals surface area (Å²) in [6.45, 7) is 4.19. The minimum absolute atomic E-state index is 0.341. The second-order valence-electron chi connectivity index (χ2n) is 7.20. The average Bonchev–Trinajstić information content (AvgIpc) is 2.81. The molecule has 0 aliphatic rings. The Labute approximate surface area is 188 Å². The Kier molecular flexibility index (Phi) is 7.41. The molecular formula is C25H29NO6. The zero-order chi connectivity index (χ0) is 23.3. The number of aromatic nitrogens is 1. The van der Waals surface area contributed by atoms with Gasteiger partial charge in [0.1, 0.15) is 0 Å². The van der Waals surface area contributed by atoms with E-state index < -0.39 is 5.97 Å². The summed E-state index contributed by atoms with van der Waals surface area (Å²) in [5.74, 6) is 1.73. The van der Waals surface area contributed by atoms with Gasteiger partial charge in [-0.05, 0) is 43.2 Å². The molecule has 1 aromatic heterocycles. The van der Waals surface area contributed by atoms with Gasteiger partial charge in [-0.15, -0.1) is 0 Å². The molecule has 7 nitrogen and oxygen atoms in total. The van der Waals surface area contributed by atoms with Crippen molar-refractivity contribution in [2.24, 2.45) is 0 Å². The smallest absolute Gasteiger partial charge is 0.340 e. The molecule has 0 saturated heterocycles. The standard InChI is InChI=1S/C25H29NO6/c1-7-8-13-32-25(27)21-15(2)26-17-10-12-19(29-4)24(31-6)23(17)22(21)16-9-11-18(28-3)20(14-16)30-5/h9-12,14H,7-8,13H2,1-6H3. The maximum Gasteiger partial charge on any atom is 0.340 e. The zero-order valence-electron chi connectivity index (χ0n) is 19.4. The summed E-state index contributed by atoms with van der Waals surface area (Å²) in [6, 6.07) is 9.14. The Morgan fingerprint density at radius 2 is 1.59 bits per heavy atom. The van der Waals surface area contributed by atoms with Crippen LogP contribution in [0.4, 0.5) is 0 Å². The SMILES string of the molecule is CCCCOC(=O)c1c(C)nc2ccc(OC)c(OC)c2c1-c1ccc(OC)c(OC)c1. The highest BCUT2D eigenvalue weighted by Crippen LogP contribution is 2.44. The predicted molar refractivity (Wildman–Crippen MR) is 123 cm³/mol. The number of benzene rings is 2. The molecule has 2 aromatic carbocycles. The summed E-state index contributed by atoms with van der Waals surface area (Å²) in [7, 11) is 6.28. The lowest BCUT2D eigenvalue weighted by molar-refractivity contribution is 0.0499. The van der Waals surface area contributed by atoms with Crippen LogP contribution < -0.4 is 18.9 Å². The molecular weight excluding hydrogens is 410 g/mol. The van der Waals surface area contributed by atoms with E-state index in [-0.39, 0.29) is 0 Å². The molecule has 0 atom stereocenters. The Hall–Kier alpha value is -3.48. The number of unbranched alkanes of at least 4 members (excludes halogenated alkanes) is 1. The van der Waals surface area contributed by atoms with Crippen LogP contribution in [0.15, 0.2) is 30.3 Å². The van der Waals surface area contributed by atoms with E-state index in [1.807, 2.05) is 25.1 Å². The minimum atomic E-state index is -0.431. The lowest BCUT2D eigenvalue weighted by Crippen LogP contribution is -2.12. The monoisotopic (exact) mass is 439 g/mol. The Balaban J connectivity index is 2.40. The van der Waals surface area contributed by atoms with Gasteiger partial charge in [-0.3, -0.25) is 4.98 Å². The fraction of sp³-hybridized carbons (Fsp3) is 0.360. The second kappa shape index (κ2) is 10.2. The van der Waals surface area contributed by atoms with Gasteiger partial charge in [0.2, 0.25) is 0 Å². The third-order valence-electron chi connectivity index (χ3n) is 5.28. The van der Waals surface area contributed by atoms with Crippen LogP contribution in [0.1, 0.15) is 35.8 Å². The quantitative estimate of drug-likeness (QED) is 0.335. The van der Waals surface area contributed by atoms with Crippen molar-refractivity contribution >= 4 is 16.9 Å². The number of hydrogen-bond donors (Lipinski definition) is 0. The van der Waals surface area contributed by atoms with E-state index in [4.69, 9.17) is 23.7 Å². The number of carbonyl (C=O) groups is 1. The number of hydrogen-bond acceptors (Lipinski definition) is 7. The summed E-state index contributed by atoms with van der Waals surface area (Å²) in [5, 5.41) is 0.659. The number of ether oxygens (including phenoxy) is 5. The molecule has 7 heteroatoms. The summed E-state index contributed by atoms with van der Waals surface area (Å²) in [6.07, 6.45) is 1.71. The first-order chi connectivity index (χ1) is 15.5. The number of esters is 1. The van der Waals surface area contributed by atoms with Gasteiger partial charge in [0, 0.05) is 5.56 Å². The molecule has 3 rings (SSSR count). The van der Waals surface area contributed by atoms with Crippen molar-refractivity contribution in [1.82, 2.24) is 4.98 Å². The molecule has 0 N–H and O–H groups in total. The van der Waals surface area contributed by atoms with Crippen LogP contribution in [0.3, 0.4) is 0 Å². The summed E-state index contributed by atoms with van der Waals surface area (Å²) < 4.78 is 27.7. The third kappa shape index (κ3) is 4.28. The van der Waals surface area contributed by atoms with E-state index in [9.17, 15) is 4.79 Å². The third-order valence-corrected chi connectivity index (χ3v) is 5.28. The molecule has 0 bridgehead atoms. The van der Waals surface area contributed by atoms with Crippen molar-refractivity contribution in [3.8, 4) is 34.1 Å². The van der Waals surface area contributed by atoms with Crippen molar-refractivity contribution in [2.45, 2.75) is 26.7 Å². The van der Waals surface area contributed by atoms with E-state index in [0.29, 0.717) is 57.3 Å². The van der Waals surface area contributed by atoms with Crippen LogP contribution in [0, 0.1) is 6.92 Å². The molecule has 0 aliphatic carbocycles. The first-order valence-electron chi connectivity index (χ1n) is 10.4. The molecule has 170 valence electrons. The normalized spacial score (nSPS) is 10.7. The fourth-order valence-electron chi connectivity index (χ4n) is 3.71. The van der Waals surface area contributed by atoms with Gasteiger partial charge < -0.3 is 23.7 Å². The first kappa shape index (κ1) is 23.2. The number of aryl methyl sites for hydroxylation is 1. The largest absolute Gasteiger partial charge is 0.493 e. The van der Waals surface area contributed by atoms with E-state index >= 15 is 0 Å². The van der Waals surface area contributed by atoms with Gasteiger partial charge in [-0.25, -0.2) is 4.79 Å². The van der Waals surface area contributed by atoms with Crippen LogP contribution in [0.2, 0.25) is 0 Å². The van der Waals surface area contributed by atoms with Gasteiger partial charge in [0.15, 0.2) is 23.0 Å². The van der Waals surface area contributed by atoms with E-state index in [1.165, 1.54) is 0 Å². The molecule has 0 spiro atoms. The predicted octanol–water partition coefficient (Wildman–Crippen LogP) is 5.20. The maximum absolute atomic E-state index is 13.2. The van der Waals surface area contributed by atoms with Crippen LogP contribution in [-0.2, 0) is 4.74 Å². The lowest BCUT2D eigenvalue weighted by Gasteiger charge is -2.19. The van der Waals surface area contributed by atoms with Crippen LogP contribution in [-0.4, -0.2) is 46.0 Å². The molecule has 0 unspecified atom stereocenters. The number of methoxy groups -OCH3 is 4. The maximum atomic E-state index is 13.2. The van der Waals surface area contributed by atoms with E-state index in [2.05, 4.69) is 4.98 Å². The van der Waals surface area contributed by atoms with Gasteiger partial charge in [-0.1, -0.05) is 19.4 Å². The molecule has 3 aromatic rings. The highest BCUT2D eigenvalue weighted by Gasteiger charge is 2.26. The molecule has 0 aliphatic heterocycles. The summed E-state index contributed by atoms with van der Waals surface area (Å²) in [4.78, 5) is 17.9. The van der Waals surface area contributed by atoms with E-state index in [0.717, 1.165) is 18.4 Å². The highest BCUT2D eigenvalue weighted by atomic mass is 16.5. The van der Waals surface area contributed by atoms with Crippen molar-refractivity contribution in [3.63, 3.8) is 0 Å². The van der Waals surface area contributed by atoms with E-state index in [1.54, 1.807) is 47.5 Å². The average molecular weight is 440 g/mol. The number of nitrogens with zero attached hydrogens (tertiary/aromatic N) is 1. The topological polar surface area (TPSA) is 76.1 Å². The van der Waals surface area contributed by atoms with Gasteiger partial charge >= 0.3 is 5.97 Å². The minimum Gasteiger partial charge on any atom is -0.493 e. The van der Waals surface area contributed by atoms with Crippen molar-refractivity contribution in [1.29, 1.82) is 0 Å². The molecule has 0 amide bonds. The zero-order valence-corrected chi connectivity index (χ0v) is 19.4. The van der Waals surface area contributed by atoms with Crippen LogP contribution >= 0.6 is 0 Å². The Morgan fingerprint density at radius 3 is 2.22 bits per heavy atom. The lowest BCUT2D eigenvalue weighted by atomic mass is 9.93. The molecule has 0 radical (unpaired) electrons. The second-order valence-corrected chi connectivity index (χ2v) is 7.20. The van der Waals surface area contributed by atoms with Gasteiger partial charge in [0.25, 0.3) is 0 Å². The summed E-state index contributed by atoms with van der Waals surface area (Å²) >= 11 is 0. The van der Waals surface area contributed by atoms with Crippen molar-refractivity contribution in [2.75, 3.05) is 35.0 Å². The van der Waals surface area contributed by atoms with Crippen molar-refractivity contribution in [3.05, 3.63) is 41.6 Å². The van der Waals surface area contributed by atoms with Gasteiger partial charge in [0.05, 0.1) is 57.2 Å². The first-order valence-corrected chi connectivity index (χ1v) is 10.4. The number of carbonyl (C=O) groups excluding carboxylic acids is 1. The highest BCUT2D eigenvalue weighted by molar-refractivity contribution is 6.10. The molecule has 32 heavy (non-hydrogen) atoms. The van der Waals surface area contributed by atoms with Crippen LogP contribution in [0.25, 0.3) is 22.0 Å². The van der Waals surface area contributed by atoms with Gasteiger partial charge in [-0.2, -0.15) is 0 Å². The molecule has 0 fully saturated rings. The Morgan fingerprint density at radius 1 is 0.906 bits per heavy atom. The Bertz CT molecular complexity index is 1130. The number of rotatable bonds is 9. The number of pyridine rings is 1. The molecule has 1 heterocycles.